The fraction of sp³-hybridized carbons (Fsp3) is 0.294. The molecule has 0 saturated carbocycles. The minimum atomic E-state index is -0.409. The Hall–Kier alpha value is -2.19. The number of carbonyl (C=O) groups is 2. The van der Waals surface area contributed by atoms with Gasteiger partial charge in [-0.05, 0) is 44.7 Å². The Balaban J connectivity index is 1.87. The van der Waals surface area contributed by atoms with Gasteiger partial charge in [0.05, 0.1) is 16.3 Å². The van der Waals surface area contributed by atoms with Crippen molar-refractivity contribution in [3.63, 3.8) is 0 Å². The lowest BCUT2D eigenvalue weighted by Crippen LogP contribution is -2.16. The molecule has 3 aromatic rings. The van der Waals surface area contributed by atoms with E-state index in [1.165, 1.54) is 30.0 Å². The van der Waals surface area contributed by atoms with Crippen molar-refractivity contribution in [3.8, 4) is 0 Å². The van der Waals surface area contributed by atoms with Crippen molar-refractivity contribution >= 4 is 50.7 Å². The van der Waals surface area contributed by atoms with E-state index < -0.39 is 5.25 Å². The SMILES string of the molecule is CC(=O)c1c(C)[nH]c(C(=O)[C@@H](C)Sc2nc(N)c3ccsc3n2)c1C. The monoisotopic (exact) mass is 374 g/mol. The molecule has 3 heterocycles. The van der Waals surface area contributed by atoms with E-state index in [1.807, 2.05) is 11.4 Å². The summed E-state index contributed by atoms with van der Waals surface area (Å²) >= 11 is 2.75. The number of nitrogen functional groups attached to an aromatic ring is 1. The first kappa shape index (κ1) is 17.6. The summed E-state index contributed by atoms with van der Waals surface area (Å²) in [5.74, 6) is 0.274. The molecular weight excluding hydrogens is 356 g/mol. The van der Waals surface area contributed by atoms with E-state index in [1.54, 1.807) is 20.8 Å². The highest BCUT2D eigenvalue weighted by atomic mass is 32.2. The number of Topliss-reactive ketones (excluding diaryl/α,β-unsaturated/α-hetero) is 2. The van der Waals surface area contributed by atoms with Crippen molar-refractivity contribution in [2.75, 3.05) is 5.73 Å². The van der Waals surface area contributed by atoms with Gasteiger partial charge < -0.3 is 10.7 Å². The number of nitrogens with zero attached hydrogens (tertiary/aromatic N) is 2. The van der Waals surface area contributed by atoms with Crippen LogP contribution in [0.4, 0.5) is 5.82 Å². The zero-order chi connectivity index (χ0) is 18.3. The van der Waals surface area contributed by atoms with Gasteiger partial charge in [-0.2, -0.15) is 0 Å². The van der Waals surface area contributed by atoms with Crippen molar-refractivity contribution in [2.45, 2.75) is 38.1 Å². The van der Waals surface area contributed by atoms with E-state index in [-0.39, 0.29) is 11.6 Å². The van der Waals surface area contributed by atoms with Crippen LogP contribution in [-0.4, -0.2) is 31.8 Å². The van der Waals surface area contributed by atoms with Gasteiger partial charge >= 0.3 is 0 Å². The Bertz CT molecular complexity index is 990. The van der Waals surface area contributed by atoms with Gasteiger partial charge in [0.25, 0.3) is 0 Å². The van der Waals surface area contributed by atoms with Crippen LogP contribution >= 0.6 is 23.1 Å². The van der Waals surface area contributed by atoms with Crippen LogP contribution in [-0.2, 0) is 0 Å². The van der Waals surface area contributed by atoms with Crippen LogP contribution < -0.4 is 5.73 Å². The summed E-state index contributed by atoms with van der Waals surface area (Å²) in [6.07, 6.45) is 0. The van der Waals surface area contributed by atoms with Crippen molar-refractivity contribution in [1.29, 1.82) is 0 Å². The highest BCUT2D eigenvalue weighted by molar-refractivity contribution is 8.00. The van der Waals surface area contributed by atoms with Crippen LogP contribution in [0, 0.1) is 13.8 Å². The fourth-order valence-corrected chi connectivity index (χ4v) is 4.52. The summed E-state index contributed by atoms with van der Waals surface area (Å²) in [7, 11) is 0. The van der Waals surface area contributed by atoms with Gasteiger partial charge in [0, 0.05) is 11.3 Å². The topological polar surface area (TPSA) is 102 Å². The number of rotatable bonds is 5. The average Bonchev–Trinajstić information content (AvgIpc) is 3.11. The van der Waals surface area contributed by atoms with E-state index >= 15 is 0 Å². The molecule has 0 unspecified atom stereocenters. The first-order chi connectivity index (χ1) is 11.8. The number of carbonyl (C=O) groups excluding carboxylic acids is 2. The molecule has 0 aromatic carbocycles. The highest BCUT2D eigenvalue weighted by Gasteiger charge is 2.25. The molecule has 0 aliphatic rings. The maximum Gasteiger partial charge on any atom is 0.192 e. The largest absolute Gasteiger partial charge is 0.383 e. The molecule has 3 aromatic heterocycles. The third-order valence-corrected chi connectivity index (χ3v) is 5.79. The zero-order valence-corrected chi connectivity index (χ0v) is 16.0. The third-order valence-electron chi connectivity index (χ3n) is 4.02. The molecule has 6 nitrogen and oxygen atoms in total. The molecular formula is C17H18N4O2S2. The van der Waals surface area contributed by atoms with E-state index in [0.29, 0.717) is 33.5 Å². The number of aromatic amines is 1. The number of nitrogens with one attached hydrogen (secondary N) is 1. The van der Waals surface area contributed by atoms with Crippen LogP contribution in [0.1, 0.15) is 46.0 Å². The second-order valence-corrected chi connectivity index (χ2v) is 8.04. The predicted octanol–water partition coefficient (Wildman–Crippen LogP) is 3.78. The normalized spacial score (nSPS) is 12.5. The summed E-state index contributed by atoms with van der Waals surface area (Å²) in [6.45, 7) is 6.89. The molecule has 1 atom stereocenters. The number of aromatic nitrogens is 3. The molecule has 0 saturated heterocycles. The van der Waals surface area contributed by atoms with Crippen molar-refractivity contribution in [3.05, 3.63) is 34.0 Å². The maximum atomic E-state index is 12.8. The number of anilines is 1. The number of hydrogen-bond acceptors (Lipinski definition) is 7. The van der Waals surface area contributed by atoms with Crippen LogP contribution in [0.5, 0.6) is 0 Å². The number of hydrogen-bond donors (Lipinski definition) is 2. The predicted molar refractivity (Wildman–Crippen MR) is 102 cm³/mol. The number of ketones is 2. The number of aryl methyl sites for hydroxylation is 1. The average molecular weight is 374 g/mol. The Kier molecular flexibility index (Phi) is 4.66. The van der Waals surface area contributed by atoms with Gasteiger partial charge in [-0.3, -0.25) is 9.59 Å². The highest BCUT2D eigenvalue weighted by Crippen LogP contribution is 2.30. The number of thiophene rings is 1. The van der Waals surface area contributed by atoms with Crippen LogP contribution in [0.3, 0.4) is 0 Å². The molecule has 0 amide bonds. The maximum absolute atomic E-state index is 12.8. The molecule has 130 valence electrons. The molecule has 8 heteroatoms. The van der Waals surface area contributed by atoms with Crippen LogP contribution in [0.25, 0.3) is 10.2 Å². The van der Waals surface area contributed by atoms with Gasteiger partial charge in [-0.1, -0.05) is 11.8 Å². The lowest BCUT2D eigenvalue weighted by Gasteiger charge is -2.09. The van der Waals surface area contributed by atoms with E-state index in [9.17, 15) is 9.59 Å². The van der Waals surface area contributed by atoms with Gasteiger partial charge in [0.2, 0.25) is 0 Å². The van der Waals surface area contributed by atoms with Gasteiger partial charge in [0.15, 0.2) is 16.7 Å². The molecule has 3 rings (SSSR count). The van der Waals surface area contributed by atoms with Gasteiger partial charge in [-0.15, -0.1) is 11.3 Å². The Morgan fingerprint density at radius 3 is 2.68 bits per heavy atom. The fourth-order valence-electron chi connectivity index (χ4n) is 2.85. The first-order valence-electron chi connectivity index (χ1n) is 7.71. The minimum absolute atomic E-state index is 0.0511. The summed E-state index contributed by atoms with van der Waals surface area (Å²) in [5, 5.41) is 2.80. The van der Waals surface area contributed by atoms with Gasteiger partial charge in [0.1, 0.15) is 10.6 Å². The third kappa shape index (κ3) is 3.19. The molecule has 3 N–H and O–H groups in total. The Morgan fingerprint density at radius 1 is 1.32 bits per heavy atom. The molecule has 0 aliphatic carbocycles. The van der Waals surface area contributed by atoms with E-state index in [2.05, 4.69) is 15.0 Å². The van der Waals surface area contributed by atoms with Crippen LogP contribution in [0.2, 0.25) is 0 Å². The van der Waals surface area contributed by atoms with E-state index in [4.69, 9.17) is 5.73 Å². The minimum Gasteiger partial charge on any atom is -0.383 e. The van der Waals surface area contributed by atoms with Gasteiger partial charge in [-0.25, -0.2) is 9.97 Å². The standard InChI is InChI=1S/C17H18N4O2S2/c1-7-12(9(3)22)8(2)19-13(7)14(23)10(4)25-17-20-15(18)11-5-6-24-16(11)21-17/h5-6,10,19H,1-4H3,(H2,18,20,21)/t10-/m1/s1. The lowest BCUT2D eigenvalue weighted by molar-refractivity contribution is 0.0988. The van der Waals surface area contributed by atoms with Crippen molar-refractivity contribution < 1.29 is 9.59 Å². The molecule has 0 bridgehead atoms. The second kappa shape index (κ2) is 6.61. The number of H-pyrrole nitrogens is 1. The Morgan fingerprint density at radius 2 is 2.04 bits per heavy atom. The van der Waals surface area contributed by atoms with E-state index in [0.717, 1.165) is 10.2 Å². The Labute approximate surface area is 153 Å². The number of thioether (sulfide) groups is 1. The molecule has 0 fully saturated rings. The van der Waals surface area contributed by atoms with Crippen molar-refractivity contribution in [1.82, 2.24) is 15.0 Å². The molecule has 0 spiro atoms. The molecule has 0 aliphatic heterocycles. The number of fused-ring (bicyclic) bond motifs is 1. The second-order valence-electron chi connectivity index (χ2n) is 5.84. The molecule has 25 heavy (non-hydrogen) atoms. The number of nitrogens with two attached hydrogens (primary N) is 1. The summed E-state index contributed by atoms with van der Waals surface area (Å²) in [4.78, 5) is 37.2. The smallest absolute Gasteiger partial charge is 0.192 e. The zero-order valence-electron chi connectivity index (χ0n) is 14.3. The summed E-state index contributed by atoms with van der Waals surface area (Å²) < 4.78 is 0. The first-order valence-corrected chi connectivity index (χ1v) is 9.47. The van der Waals surface area contributed by atoms with Crippen LogP contribution in [0.15, 0.2) is 16.6 Å². The molecule has 0 radical (unpaired) electrons. The summed E-state index contributed by atoms with van der Waals surface area (Å²) in [6, 6.07) is 1.88. The summed E-state index contributed by atoms with van der Waals surface area (Å²) in [5.41, 5.74) is 8.41. The quantitative estimate of drug-likeness (QED) is 0.400. The lowest BCUT2D eigenvalue weighted by atomic mass is 10.0. The van der Waals surface area contributed by atoms with Crippen molar-refractivity contribution in [2.24, 2.45) is 0 Å².